The summed E-state index contributed by atoms with van der Waals surface area (Å²) in [6.45, 7) is 12.5. The van der Waals surface area contributed by atoms with Crippen LogP contribution in [0.4, 0.5) is 5.69 Å². The molecule has 0 unspecified atom stereocenters. The zero-order valence-corrected chi connectivity index (χ0v) is 13.7. The molecule has 0 aliphatic rings. The van der Waals surface area contributed by atoms with Crippen LogP contribution in [0.25, 0.3) is 5.65 Å². The lowest BCUT2D eigenvalue weighted by atomic mass is 10.1. The minimum atomic E-state index is 0.699. The Labute approximate surface area is 128 Å². The van der Waals surface area contributed by atoms with Crippen LogP contribution in [0.5, 0.6) is 0 Å². The topological polar surface area (TPSA) is 46.6 Å². The first-order valence-corrected chi connectivity index (χ1v) is 7.89. The second kappa shape index (κ2) is 6.94. The van der Waals surface area contributed by atoms with Crippen LogP contribution in [0, 0.1) is 11.8 Å². The summed E-state index contributed by atoms with van der Waals surface area (Å²) in [7, 11) is 0. The standard InChI is InChI=1S/C17H28N4/c1-13(2)9-20(10-14(3)4)8-7-16-12-21-11-15(18)5-6-17(21)19-16/h5-6,11-14H,7-10,18H2,1-4H3. The van der Waals surface area contributed by atoms with Gasteiger partial charge in [-0.3, -0.25) is 0 Å². The third-order valence-electron chi connectivity index (χ3n) is 3.45. The molecule has 0 aromatic carbocycles. The normalized spacial score (nSPS) is 12.1. The molecule has 4 heteroatoms. The van der Waals surface area contributed by atoms with E-state index in [1.165, 1.54) is 0 Å². The lowest BCUT2D eigenvalue weighted by Crippen LogP contribution is -2.33. The van der Waals surface area contributed by atoms with Crippen LogP contribution in [0.3, 0.4) is 0 Å². The van der Waals surface area contributed by atoms with Crippen molar-refractivity contribution < 1.29 is 0 Å². The molecule has 0 saturated heterocycles. The van der Waals surface area contributed by atoms with E-state index in [0.717, 1.165) is 43.1 Å². The highest BCUT2D eigenvalue weighted by Crippen LogP contribution is 2.11. The maximum absolute atomic E-state index is 5.81. The van der Waals surface area contributed by atoms with Crippen molar-refractivity contribution in [3.63, 3.8) is 0 Å². The van der Waals surface area contributed by atoms with Crippen molar-refractivity contribution in [2.24, 2.45) is 11.8 Å². The molecule has 2 rings (SSSR count). The van der Waals surface area contributed by atoms with Crippen LogP contribution in [0.2, 0.25) is 0 Å². The van der Waals surface area contributed by atoms with Crippen molar-refractivity contribution in [1.82, 2.24) is 14.3 Å². The Balaban J connectivity index is 2.00. The van der Waals surface area contributed by atoms with Crippen LogP contribution in [-0.4, -0.2) is 33.9 Å². The molecule has 0 radical (unpaired) electrons. The van der Waals surface area contributed by atoms with E-state index in [9.17, 15) is 0 Å². The van der Waals surface area contributed by atoms with E-state index in [1.807, 2.05) is 22.7 Å². The van der Waals surface area contributed by atoms with Gasteiger partial charge in [-0.25, -0.2) is 4.98 Å². The maximum Gasteiger partial charge on any atom is 0.137 e. The van der Waals surface area contributed by atoms with Crippen molar-refractivity contribution >= 4 is 11.3 Å². The second-order valence-electron chi connectivity index (χ2n) is 6.76. The van der Waals surface area contributed by atoms with Gasteiger partial charge in [0.05, 0.1) is 5.69 Å². The van der Waals surface area contributed by atoms with Crippen molar-refractivity contribution in [2.45, 2.75) is 34.1 Å². The fourth-order valence-electron chi connectivity index (χ4n) is 2.74. The average Bonchev–Trinajstić information content (AvgIpc) is 2.76. The van der Waals surface area contributed by atoms with E-state index in [2.05, 4.69) is 43.8 Å². The number of pyridine rings is 1. The Kier molecular flexibility index (Phi) is 5.23. The molecule has 0 atom stereocenters. The highest BCUT2D eigenvalue weighted by molar-refractivity contribution is 5.48. The predicted octanol–water partition coefficient (Wildman–Crippen LogP) is 3.07. The first kappa shape index (κ1) is 15.8. The third-order valence-corrected chi connectivity index (χ3v) is 3.45. The number of anilines is 1. The SMILES string of the molecule is CC(C)CN(CCc1cn2cc(N)ccc2n1)CC(C)C. The highest BCUT2D eigenvalue weighted by atomic mass is 15.1. The molecule has 2 heterocycles. The van der Waals surface area contributed by atoms with E-state index >= 15 is 0 Å². The summed E-state index contributed by atoms with van der Waals surface area (Å²) >= 11 is 0. The van der Waals surface area contributed by atoms with Crippen LogP contribution < -0.4 is 5.73 Å². The molecular weight excluding hydrogens is 260 g/mol. The van der Waals surface area contributed by atoms with Crippen molar-refractivity contribution in [3.8, 4) is 0 Å². The van der Waals surface area contributed by atoms with Crippen molar-refractivity contribution in [3.05, 3.63) is 30.2 Å². The average molecular weight is 288 g/mol. The molecule has 2 aromatic heterocycles. The highest BCUT2D eigenvalue weighted by Gasteiger charge is 2.11. The molecular formula is C17H28N4. The number of imidazole rings is 1. The van der Waals surface area contributed by atoms with Crippen molar-refractivity contribution in [2.75, 3.05) is 25.4 Å². The number of nitrogens with zero attached hydrogens (tertiary/aromatic N) is 3. The van der Waals surface area contributed by atoms with E-state index in [4.69, 9.17) is 5.73 Å². The first-order valence-electron chi connectivity index (χ1n) is 7.89. The fraction of sp³-hybridized carbons (Fsp3) is 0.588. The molecule has 21 heavy (non-hydrogen) atoms. The largest absolute Gasteiger partial charge is 0.398 e. The summed E-state index contributed by atoms with van der Waals surface area (Å²) in [5.41, 5.74) is 8.69. The Hall–Kier alpha value is -1.55. The second-order valence-corrected chi connectivity index (χ2v) is 6.76. The molecule has 0 bridgehead atoms. The minimum Gasteiger partial charge on any atom is -0.398 e. The summed E-state index contributed by atoms with van der Waals surface area (Å²) < 4.78 is 2.01. The monoisotopic (exact) mass is 288 g/mol. The van der Waals surface area contributed by atoms with Gasteiger partial charge in [-0.15, -0.1) is 0 Å². The van der Waals surface area contributed by atoms with Gasteiger partial charge in [-0.2, -0.15) is 0 Å². The van der Waals surface area contributed by atoms with Gasteiger partial charge in [0.2, 0.25) is 0 Å². The molecule has 4 nitrogen and oxygen atoms in total. The summed E-state index contributed by atoms with van der Waals surface area (Å²) in [5.74, 6) is 1.40. The first-order chi connectivity index (χ1) is 9.94. The molecule has 0 aliphatic heterocycles. The van der Waals surface area contributed by atoms with Gasteiger partial charge in [-0.05, 0) is 24.0 Å². The Bertz CT molecular complexity index is 561. The van der Waals surface area contributed by atoms with Gasteiger partial charge in [0.15, 0.2) is 0 Å². The quantitative estimate of drug-likeness (QED) is 0.851. The number of nitrogens with two attached hydrogens (primary N) is 1. The minimum absolute atomic E-state index is 0.699. The van der Waals surface area contributed by atoms with E-state index < -0.39 is 0 Å². The Morgan fingerprint density at radius 2 is 1.76 bits per heavy atom. The smallest absolute Gasteiger partial charge is 0.137 e. The number of hydrogen-bond acceptors (Lipinski definition) is 3. The molecule has 116 valence electrons. The van der Waals surface area contributed by atoms with E-state index in [1.54, 1.807) is 0 Å². The summed E-state index contributed by atoms with van der Waals surface area (Å²) in [6, 6.07) is 3.87. The van der Waals surface area contributed by atoms with Crippen LogP contribution in [-0.2, 0) is 6.42 Å². The van der Waals surface area contributed by atoms with Crippen LogP contribution in [0.1, 0.15) is 33.4 Å². The van der Waals surface area contributed by atoms with Crippen molar-refractivity contribution in [1.29, 1.82) is 0 Å². The number of hydrogen-bond donors (Lipinski definition) is 1. The van der Waals surface area contributed by atoms with Gasteiger partial charge in [0.1, 0.15) is 5.65 Å². The Morgan fingerprint density at radius 1 is 1.10 bits per heavy atom. The van der Waals surface area contributed by atoms with Gasteiger partial charge in [-0.1, -0.05) is 27.7 Å². The van der Waals surface area contributed by atoms with E-state index in [-0.39, 0.29) is 0 Å². The lowest BCUT2D eigenvalue weighted by molar-refractivity contribution is 0.221. The van der Waals surface area contributed by atoms with Crippen LogP contribution >= 0.6 is 0 Å². The summed E-state index contributed by atoms with van der Waals surface area (Å²) in [6.07, 6.45) is 5.00. The number of rotatable bonds is 7. The number of fused-ring (bicyclic) bond motifs is 1. The number of aromatic nitrogens is 2. The van der Waals surface area contributed by atoms with Gasteiger partial charge >= 0.3 is 0 Å². The zero-order valence-electron chi connectivity index (χ0n) is 13.7. The molecule has 0 saturated carbocycles. The molecule has 0 fully saturated rings. The molecule has 0 amide bonds. The summed E-state index contributed by atoms with van der Waals surface area (Å²) in [5, 5.41) is 0. The summed E-state index contributed by atoms with van der Waals surface area (Å²) in [4.78, 5) is 7.21. The Morgan fingerprint density at radius 3 is 2.38 bits per heavy atom. The fourth-order valence-corrected chi connectivity index (χ4v) is 2.74. The van der Waals surface area contributed by atoms with Crippen LogP contribution in [0.15, 0.2) is 24.5 Å². The lowest BCUT2D eigenvalue weighted by Gasteiger charge is -2.25. The number of nitrogen functional groups attached to an aromatic ring is 1. The van der Waals surface area contributed by atoms with E-state index in [0.29, 0.717) is 11.8 Å². The molecule has 2 N–H and O–H groups in total. The molecule has 0 aliphatic carbocycles. The van der Waals surface area contributed by atoms with Gasteiger partial charge < -0.3 is 15.0 Å². The predicted molar refractivity (Wildman–Crippen MR) is 89.4 cm³/mol. The molecule has 2 aromatic rings. The maximum atomic E-state index is 5.81. The third kappa shape index (κ3) is 4.74. The molecule has 0 spiro atoms. The van der Waals surface area contributed by atoms with Gasteiger partial charge in [0.25, 0.3) is 0 Å². The zero-order chi connectivity index (χ0) is 15.4. The van der Waals surface area contributed by atoms with Gasteiger partial charge in [0, 0.05) is 44.1 Å².